The molecule has 0 aromatic carbocycles. The zero-order valence-corrected chi connectivity index (χ0v) is 12.5. The molecule has 1 fully saturated rings. The lowest BCUT2D eigenvalue weighted by molar-refractivity contribution is 0.0787. The Morgan fingerprint density at radius 1 is 1.24 bits per heavy atom. The molecule has 3 unspecified atom stereocenters. The molecule has 0 bridgehead atoms. The Balaban J connectivity index is 2.17. The highest BCUT2D eigenvalue weighted by Crippen LogP contribution is 2.26. The molecule has 3 atom stereocenters. The molecule has 2 nitrogen and oxygen atoms in total. The van der Waals surface area contributed by atoms with Gasteiger partial charge in [0.1, 0.15) is 0 Å². The molecule has 1 saturated heterocycles. The summed E-state index contributed by atoms with van der Waals surface area (Å²) < 4.78 is 0. The first-order chi connectivity index (χ1) is 8.00. The maximum atomic E-state index is 3.53. The van der Waals surface area contributed by atoms with Gasteiger partial charge < -0.3 is 10.2 Å². The van der Waals surface area contributed by atoms with Crippen molar-refractivity contribution in [2.24, 2.45) is 17.8 Å². The van der Waals surface area contributed by atoms with Crippen LogP contribution in [-0.4, -0.2) is 37.1 Å². The summed E-state index contributed by atoms with van der Waals surface area (Å²) in [4.78, 5) is 2.69. The van der Waals surface area contributed by atoms with Gasteiger partial charge in [-0.1, -0.05) is 27.7 Å². The lowest BCUT2D eigenvalue weighted by atomic mass is 9.86. The Bertz CT molecular complexity index is 203. The Hall–Kier alpha value is -0.0800. The third-order valence-electron chi connectivity index (χ3n) is 4.07. The first-order valence-corrected chi connectivity index (χ1v) is 7.45. The number of piperidine rings is 1. The van der Waals surface area contributed by atoms with Crippen molar-refractivity contribution in [1.82, 2.24) is 10.2 Å². The second-order valence-electron chi connectivity index (χ2n) is 6.51. The number of nitrogens with zero attached hydrogens (tertiary/aromatic N) is 1. The average Bonchev–Trinajstić information content (AvgIpc) is 2.23. The van der Waals surface area contributed by atoms with E-state index in [-0.39, 0.29) is 0 Å². The van der Waals surface area contributed by atoms with Crippen molar-refractivity contribution in [3.05, 3.63) is 0 Å². The van der Waals surface area contributed by atoms with Gasteiger partial charge in [-0.05, 0) is 57.2 Å². The summed E-state index contributed by atoms with van der Waals surface area (Å²) >= 11 is 0. The van der Waals surface area contributed by atoms with Gasteiger partial charge in [-0.15, -0.1) is 0 Å². The van der Waals surface area contributed by atoms with Gasteiger partial charge in [-0.2, -0.15) is 0 Å². The fourth-order valence-corrected chi connectivity index (χ4v) is 2.93. The minimum absolute atomic E-state index is 0.768. The van der Waals surface area contributed by atoms with E-state index in [2.05, 4.69) is 44.8 Å². The number of hydrogen-bond donors (Lipinski definition) is 1. The summed E-state index contributed by atoms with van der Waals surface area (Å²) in [7, 11) is 0. The summed E-state index contributed by atoms with van der Waals surface area (Å²) in [6.07, 6.45) is 2.69. The van der Waals surface area contributed by atoms with Gasteiger partial charge in [0.2, 0.25) is 0 Å². The normalized spacial score (nSPS) is 31.1. The second kappa shape index (κ2) is 7.38. The Labute approximate surface area is 108 Å². The van der Waals surface area contributed by atoms with Gasteiger partial charge in [-0.3, -0.25) is 0 Å². The van der Waals surface area contributed by atoms with Crippen LogP contribution in [0.4, 0.5) is 0 Å². The van der Waals surface area contributed by atoms with Crippen LogP contribution in [0.2, 0.25) is 0 Å². The summed E-state index contributed by atoms with van der Waals surface area (Å²) in [5.41, 5.74) is 0. The molecule has 1 N–H and O–H groups in total. The highest BCUT2D eigenvalue weighted by Gasteiger charge is 2.27. The van der Waals surface area contributed by atoms with Crippen LogP contribution in [0.1, 0.15) is 47.5 Å². The molecule has 1 aliphatic rings. The smallest absolute Gasteiger partial charge is 0.00927 e. The van der Waals surface area contributed by atoms with Crippen LogP contribution in [0, 0.1) is 17.8 Å². The van der Waals surface area contributed by atoms with Crippen LogP contribution in [0.15, 0.2) is 0 Å². The Morgan fingerprint density at radius 3 is 2.59 bits per heavy atom. The van der Waals surface area contributed by atoms with Gasteiger partial charge in [0.15, 0.2) is 0 Å². The third-order valence-corrected chi connectivity index (χ3v) is 4.07. The number of rotatable bonds is 6. The Morgan fingerprint density at radius 2 is 1.94 bits per heavy atom. The molecule has 0 aromatic rings. The first kappa shape index (κ1) is 15.0. The van der Waals surface area contributed by atoms with E-state index in [0.717, 1.165) is 30.3 Å². The lowest BCUT2D eigenvalue weighted by Crippen LogP contribution is -2.46. The molecule has 0 aromatic heterocycles. The highest BCUT2D eigenvalue weighted by atomic mass is 15.2. The molecular weight excluding hydrogens is 208 g/mol. The summed E-state index contributed by atoms with van der Waals surface area (Å²) in [5, 5.41) is 3.53. The van der Waals surface area contributed by atoms with E-state index in [1.165, 1.54) is 32.5 Å². The predicted molar refractivity (Wildman–Crippen MR) is 76.3 cm³/mol. The average molecular weight is 240 g/mol. The molecule has 0 aliphatic carbocycles. The summed E-state index contributed by atoms with van der Waals surface area (Å²) in [5.74, 6) is 2.51. The minimum Gasteiger partial charge on any atom is -0.316 e. The molecule has 1 aliphatic heterocycles. The van der Waals surface area contributed by atoms with E-state index in [0.29, 0.717) is 0 Å². The monoisotopic (exact) mass is 240 g/mol. The molecule has 0 amide bonds. The first-order valence-electron chi connectivity index (χ1n) is 7.45. The van der Waals surface area contributed by atoms with Crippen LogP contribution in [0.3, 0.4) is 0 Å². The van der Waals surface area contributed by atoms with Crippen molar-refractivity contribution in [2.75, 3.05) is 26.2 Å². The SMILES string of the molecule is CC(C)CNCCCN1CC(C)CC(C)C1C. The largest absolute Gasteiger partial charge is 0.316 e. The second-order valence-corrected chi connectivity index (χ2v) is 6.51. The van der Waals surface area contributed by atoms with Crippen LogP contribution >= 0.6 is 0 Å². The maximum absolute atomic E-state index is 3.53. The van der Waals surface area contributed by atoms with Gasteiger partial charge in [0.25, 0.3) is 0 Å². The summed E-state index contributed by atoms with van der Waals surface area (Å²) in [6.45, 7) is 16.6. The van der Waals surface area contributed by atoms with Crippen molar-refractivity contribution in [3.63, 3.8) is 0 Å². The van der Waals surface area contributed by atoms with Crippen LogP contribution in [0.5, 0.6) is 0 Å². The molecule has 1 heterocycles. The van der Waals surface area contributed by atoms with E-state index in [9.17, 15) is 0 Å². The molecule has 0 saturated carbocycles. The third kappa shape index (κ3) is 5.39. The van der Waals surface area contributed by atoms with Gasteiger partial charge >= 0.3 is 0 Å². The topological polar surface area (TPSA) is 15.3 Å². The summed E-state index contributed by atoms with van der Waals surface area (Å²) in [6, 6.07) is 0.774. The van der Waals surface area contributed by atoms with E-state index in [1.54, 1.807) is 0 Å². The number of hydrogen-bond acceptors (Lipinski definition) is 2. The highest BCUT2D eigenvalue weighted by molar-refractivity contribution is 4.81. The number of likely N-dealkylation sites (tertiary alicyclic amines) is 1. The van der Waals surface area contributed by atoms with Crippen molar-refractivity contribution < 1.29 is 0 Å². The molecule has 17 heavy (non-hydrogen) atoms. The van der Waals surface area contributed by atoms with Crippen molar-refractivity contribution in [3.8, 4) is 0 Å². The maximum Gasteiger partial charge on any atom is 0.00927 e. The molecule has 102 valence electrons. The zero-order chi connectivity index (χ0) is 12.8. The Kier molecular flexibility index (Phi) is 6.50. The van der Waals surface area contributed by atoms with Crippen LogP contribution in [0.25, 0.3) is 0 Å². The van der Waals surface area contributed by atoms with Crippen LogP contribution < -0.4 is 5.32 Å². The van der Waals surface area contributed by atoms with Gasteiger partial charge in [0, 0.05) is 12.6 Å². The van der Waals surface area contributed by atoms with Crippen molar-refractivity contribution >= 4 is 0 Å². The van der Waals surface area contributed by atoms with Crippen molar-refractivity contribution in [1.29, 1.82) is 0 Å². The standard InChI is InChI=1S/C15H32N2/c1-12(2)10-16-7-6-8-17-11-13(3)9-14(4)15(17)5/h12-16H,6-11H2,1-5H3. The van der Waals surface area contributed by atoms with E-state index >= 15 is 0 Å². The van der Waals surface area contributed by atoms with E-state index in [4.69, 9.17) is 0 Å². The van der Waals surface area contributed by atoms with E-state index in [1.807, 2.05) is 0 Å². The quantitative estimate of drug-likeness (QED) is 0.718. The molecule has 2 heteroatoms. The lowest BCUT2D eigenvalue weighted by Gasteiger charge is -2.41. The fraction of sp³-hybridized carbons (Fsp3) is 1.00. The van der Waals surface area contributed by atoms with E-state index < -0.39 is 0 Å². The minimum atomic E-state index is 0.768. The molecule has 0 radical (unpaired) electrons. The van der Waals surface area contributed by atoms with Gasteiger partial charge in [0.05, 0.1) is 0 Å². The molecule has 0 spiro atoms. The zero-order valence-electron chi connectivity index (χ0n) is 12.5. The van der Waals surface area contributed by atoms with Crippen LogP contribution in [-0.2, 0) is 0 Å². The predicted octanol–water partition coefficient (Wildman–Crippen LogP) is 2.99. The molecule has 1 rings (SSSR count). The van der Waals surface area contributed by atoms with Gasteiger partial charge in [-0.25, -0.2) is 0 Å². The number of nitrogens with one attached hydrogen (secondary N) is 1. The molecular formula is C15H32N2. The van der Waals surface area contributed by atoms with Crippen molar-refractivity contribution in [2.45, 2.75) is 53.5 Å². The fourth-order valence-electron chi connectivity index (χ4n) is 2.93.